The zero-order valence-electron chi connectivity index (χ0n) is 8.23. The van der Waals surface area contributed by atoms with E-state index < -0.39 is 0 Å². The molecule has 0 radical (unpaired) electrons. The zero-order valence-corrected chi connectivity index (χ0v) is 8.23. The first kappa shape index (κ1) is 9.00. The van der Waals surface area contributed by atoms with Crippen LogP contribution in [0.25, 0.3) is 0 Å². The fourth-order valence-corrected chi connectivity index (χ4v) is 2.91. The van der Waals surface area contributed by atoms with Crippen LogP contribution in [-0.2, 0) is 4.79 Å². The summed E-state index contributed by atoms with van der Waals surface area (Å²) in [6, 6.07) is 0. The molecule has 0 spiro atoms. The molecule has 0 aromatic rings. The molecule has 2 bridgehead atoms. The van der Waals surface area contributed by atoms with Crippen molar-refractivity contribution in [3.8, 4) is 0 Å². The zero-order chi connectivity index (χ0) is 9.53. The van der Waals surface area contributed by atoms with E-state index >= 15 is 0 Å². The van der Waals surface area contributed by atoms with E-state index in [4.69, 9.17) is 5.73 Å². The van der Waals surface area contributed by atoms with Crippen LogP contribution in [0.15, 0.2) is 0 Å². The van der Waals surface area contributed by atoms with Crippen LogP contribution in [0.4, 0.5) is 0 Å². The lowest BCUT2D eigenvalue weighted by molar-refractivity contribution is -0.130. The first-order valence-corrected chi connectivity index (χ1v) is 5.17. The lowest BCUT2D eigenvalue weighted by Gasteiger charge is -2.24. The molecule has 2 saturated carbocycles. The standard InChI is InChI=1S/C10H18N2O/c1-2-12-8(13)9-3-5-10(11,7-9)6-4-9/h2-7,11H2,1H3,(H,12,13). The summed E-state index contributed by atoms with van der Waals surface area (Å²) < 4.78 is 0. The van der Waals surface area contributed by atoms with Crippen molar-refractivity contribution in [3.63, 3.8) is 0 Å². The summed E-state index contributed by atoms with van der Waals surface area (Å²) in [6.07, 6.45) is 4.96. The van der Waals surface area contributed by atoms with Gasteiger partial charge in [0.1, 0.15) is 0 Å². The number of amides is 1. The third kappa shape index (κ3) is 1.26. The molecule has 3 N–H and O–H groups in total. The Bertz CT molecular complexity index is 229. The molecule has 13 heavy (non-hydrogen) atoms. The summed E-state index contributed by atoms with van der Waals surface area (Å²) in [7, 11) is 0. The van der Waals surface area contributed by atoms with Gasteiger partial charge in [0, 0.05) is 12.1 Å². The van der Waals surface area contributed by atoms with E-state index in [0.29, 0.717) is 0 Å². The van der Waals surface area contributed by atoms with E-state index in [2.05, 4.69) is 5.32 Å². The Hall–Kier alpha value is -0.570. The third-order valence-corrected chi connectivity index (χ3v) is 3.71. The number of hydrogen-bond acceptors (Lipinski definition) is 2. The smallest absolute Gasteiger partial charge is 0.226 e. The average Bonchev–Trinajstić information content (AvgIpc) is 2.59. The van der Waals surface area contributed by atoms with Crippen molar-refractivity contribution >= 4 is 5.91 Å². The fraction of sp³-hybridized carbons (Fsp3) is 0.900. The van der Waals surface area contributed by atoms with Crippen molar-refractivity contribution in [3.05, 3.63) is 0 Å². The molecule has 2 rings (SSSR count). The van der Waals surface area contributed by atoms with E-state index in [-0.39, 0.29) is 16.9 Å². The van der Waals surface area contributed by atoms with Crippen molar-refractivity contribution in [2.45, 2.75) is 44.6 Å². The number of carbonyl (C=O) groups is 1. The fourth-order valence-electron chi connectivity index (χ4n) is 2.91. The van der Waals surface area contributed by atoms with E-state index in [1.165, 1.54) is 0 Å². The SMILES string of the molecule is CCNC(=O)C12CCC(N)(CC1)C2. The number of rotatable bonds is 2. The lowest BCUT2D eigenvalue weighted by Crippen LogP contribution is -2.38. The minimum absolute atomic E-state index is 0.00885. The number of carbonyl (C=O) groups excluding carboxylic acids is 1. The van der Waals surface area contributed by atoms with Gasteiger partial charge in [0.15, 0.2) is 0 Å². The van der Waals surface area contributed by atoms with Gasteiger partial charge in [-0.2, -0.15) is 0 Å². The molecular weight excluding hydrogens is 164 g/mol. The van der Waals surface area contributed by atoms with Crippen LogP contribution < -0.4 is 11.1 Å². The molecule has 2 fully saturated rings. The van der Waals surface area contributed by atoms with Gasteiger partial charge in [0.2, 0.25) is 5.91 Å². The van der Waals surface area contributed by atoms with Gasteiger partial charge in [-0.15, -0.1) is 0 Å². The lowest BCUT2D eigenvalue weighted by atomic mass is 9.83. The van der Waals surface area contributed by atoms with Gasteiger partial charge in [0.25, 0.3) is 0 Å². The molecule has 0 unspecified atom stereocenters. The Morgan fingerprint density at radius 3 is 2.38 bits per heavy atom. The van der Waals surface area contributed by atoms with E-state index in [9.17, 15) is 4.79 Å². The summed E-state index contributed by atoms with van der Waals surface area (Å²) in [5, 5.41) is 2.93. The summed E-state index contributed by atoms with van der Waals surface area (Å²) in [4.78, 5) is 11.8. The first-order valence-electron chi connectivity index (χ1n) is 5.17. The summed E-state index contributed by atoms with van der Waals surface area (Å²) >= 11 is 0. The maximum absolute atomic E-state index is 11.8. The molecule has 0 saturated heterocycles. The van der Waals surface area contributed by atoms with Gasteiger partial charge >= 0.3 is 0 Å². The number of nitrogens with two attached hydrogens (primary N) is 1. The molecule has 0 aromatic carbocycles. The summed E-state index contributed by atoms with van der Waals surface area (Å²) in [5.41, 5.74) is 6.04. The second-order valence-corrected chi connectivity index (χ2v) is 4.68. The Labute approximate surface area is 79.1 Å². The molecule has 74 valence electrons. The van der Waals surface area contributed by atoms with Gasteiger partial charge in [-0.25, -0.2) is 0 Å². The Kier molecular flexibility index (Phi) is 1.88. The van der Waals surface area contributed by atoms with Crippen LogP contribution in [0.3, 0.4) is 0 Å². The van der Waals surface area contributed by atoms with Crippen molar-refractivity contribution in [1.82, 2.24) is 5.32 Å². The first-order chi connectivity index (χ1) is 6.10. The van der Waals surface area contributed by atoms with Crippen molar-refractivity contribution in [1.29, 1.82) is 0 Å². The minimum Gasteiger partial charge on any atom is -0.356 e. The highest BCUT2D eigenvalue weighted by Gasteiger charge is 2.55. The molecule has 2 aliphatic carbocycles. The second-order valence-electron chi connectivity index (χ2n) is 4.68. The van der Waals surface area contributed by atoms with Crippen LogP contribution in [0.1, 0.15) is 39.0 Å². The molecule has 3 heteroatoms. The Morgan fingerprint density at radius 1 is 1.38 bits per heavy atom. The number of hydrogen-bond donors (Lipinski definition) is 2. The largest absolute Gasteiger partial charge is 0.356 e. The molecule has 0 atom stereocenters. The van der Waals surface area contributed by atoms with Crippen LogP contribution in [-0.4, -0.2) is 18.0 Å². The van der Waals surface area contributed by atoms with Gasteiger partial charge in [-0.3, -0.25) is 4.79 Å². The third-order valence-electron chi connectivity index (χ3n) is 3.71. The highest BCUT2D eigenvalue weighted by molar-refractivity contribution is 5.83. The van der Waals surface area contributed by atoms with Crippen LogP contribution in [0, 0.1) is 5.41 Å². The van der Waals surface area contributed by atoms with Gasteiger partial charge in [-0.1, -0.05) is 0 Å². The van der Waals surface area contributed by atoms with E-state index in [1.54, 1.807) is 0 Å². The molecule has 0 heterocycles. The number of fused-ring (bicyclic) bond motifs is 2. The minimum atomic E-state index is -0.0925. The van der Waals surface area contributed by atoms with Crippen molar-refractivity contribution in [2.75, 3.05) is 6.54 Å². The monoisotopic (exact) mass is 182 g/mol. The molecule has 3 nitrogen and oxygen atoms in total. The van der Waals surface area contributed by atoms with Crippen LogP contribution in [0.5, 0.6) is 0 Å². The topological polar surface area (TPSA) is 55.1 Å². The highest BCUT2D eigenvalue weighted by atomic mass is 16.2. The Balaban J connectivity index is 2.11. The second kappa shape index (κ2) is 2.71. The van der Waals surface area contributed by atoms with E-state index in [0.717, 1.165) is 38.6 Å². The maximum atomic E-state index is 11.8. The average molecular weight is 182 g/mol. The molecule has 1 amide bonds. The summed E-state index contributed by atoms with van der Waals surface area (Å²) in [5.74, 6) is 0.236. The number of nitrogens with one attached hydrogen (secondary N) is 1. The predicted molar refractivity (Wildman–Crippen MR) is 51.1 cm³/mol. The quantitative estimate of drug-likeness (QED) is 0.663. The van der Waals surface area contributed by atoms with Gasteiger partial charge in [0.05, 0.1) is 5.41 Å². The predicted octanol–water partition coefficient (Wildman–Crippen LogP) is 0.784. The van der Waals surface area contributed by atoms with E-state index in [1.807, 2.05) is 6.92 Å². The molecular formula is C10H18N2O. The highest BCUT2D eigenvalue weighted by Crippen LogP contribution is 2.55. The van der Waals surface area contributed by atoms with Gasteiger partial charge in [-0.05, 0) is 39.0 Å². The van der Waals surface area contributed by atoms with Crippen molar-refractivity contribution < 1.29 is 4.79 Å². The normalized spacial score (nSPS) is 42.3. The molecule has 2 aliphatic rings. The molecule has 0 aliphatic heterocycles. The maximum Gasteiger partial charge on any atom is 0.226 e. The van der Waals surface area contributed by atoms with Crippen molar-refractivity contribution in [2.24, 2.45) is 11.1 Å². The Morgan fingerprint density at radius 2 is 2.00 bits per heavy atom. The van der Waals surface area contributed by atoms with Gasteiger partial charge < -0.3 is 11.1 Å². The van der Waals surface area contributed by atoms with Crippen LogP contribution in [0.2, 0.25) is 0 Å². The molecule has 0 aromatic heterocycles. The summed E-state index contributed by atoms with van der Waals surface area (Å²) in [6.45, 7) is 2.70. The van der Waals surface area contributed by atoms with Crippen LogP contribution >= 0.6 is 0 Å².